The molecule has 2 nitrogen and oxygen atoms in total. The van der Waals surface area contributed by atoms with Gasteiger partial charge in [-0.3, -0.25) is 4.79 Å². The molecule has 0 saturated carbocycles. The van der Waals surface area contributed by atoms with Gasteiger partial charge in [0.25, 0.3) is 0 Å². The lowest BCUT2D eigenvalue weighted by Crippen LogP contribution is -2.27. The number of carbonyl (C=O) groups excluding carboxylic acids is 1. The Morgan fingerprint density at radius 2 is 1.91 bits per heavy atom. The van der Waals surface area contributed by atoms with Crippen molar-refractivity contribution in [2.75, 3.05) is 0 Å². The van der Waals surface area contributed by atoms with Gasteiger partial charge >= 0.3 is 0 Å². The third kappa shape index (κ3) is 3.72. The van der Waals surface area contributed by atoms with Crippen LogP contribution in [0.25, 0.3) is 6.08 Å². The van der Waals surface area contributed by atoms with Crippen molar-refractivity contribution in [1.29, 1.82) is 0 Å². The number of carbonyl (C=O) groups is 1. The Bertz CT molecular complexity index is 731. The van der Waals surface area contributed by atoms with Crippen LogP contribution in [-0.2, 0) is 4.79 Å². The van der Waals surface area contributed by atoms with Gasteiger partial charge < -0.3 is 5.32 Å². The zero-order valence-electron chi connectivity index (χ0n) is 11.8. The molecule has 0 aliphatic heterocycles. The number of amides is 1. The minimum absolute atomic E-state index is 0.0894. The first kappa shape index (κ1) is 14.8. The van der Waals surface area contributed by atoms with Gasteiger partial charge in [-0.15, -0.1) is 11.3 Å². The van der Waals surface area contributed by atoms with E-state index in [2.05, 4.69) is 5.32 Å². The standard InChI is InChI=1S/C18H15NOS2/c20-17(9-8-14-10-12-21-13-14)19-18(16-7-4-11-22-16)15-5-2-1-3-6-15/h1-13,18H,(H,19,20)/b9-8+/t18-/m1/s1. The summed E-state index contributed by atoms with van der Waals surface area (Å²) in [5, 5.41) is 9.12. The summed E-state index contributed by atoms with van der Waals surface area (Å²) in [6, 6.07) is 16.0. The molecule has 1 aromatic carbocycles. The number of benzene rings is 1. The lowest BCUT2D eigenvalue weighted by molar-refractivity contribution is -0.116. The van der Waals surface area contributed by atoms with E-state index in [1.807, 2.05) is 70.7 Å². The Morgan fingerprint density at radius 1 is 1.05 bits per heavy atom. The van der Waals surface area contributed by atoms with E-state index in [1.54, 1.807) is 28.7 Å². The fraction of sp³-hybridized carbons (Fsp3) is 0.0556. The lowest BCUT2D eigenvalue weighted by atomic mass is 10.1. The maximum Gasteiger partial charge on any atom is 0.244 e. The van der Waals surface area contributed by atoms with Crippen LogP contribution in [-0.4, -0.2) is 5.91 Å². The van der Waals surface area contributed by atoms with Gasteiger partial charge in [-0.2, -0.15) is 11.3 Å². The topological polar surface area (TPSA) is 29.1 Å². The van der Waals surface area contributed by atoms with Gasteiger partial charge in [0.1, 0.15) is 0 Å². The van der Waals surface area contributed by atoms with Crippen molar-refractivity contribution in [3.8, 4) is 0 Å². The van der Waals surface area contributed by atoms with Crippen molar-refractivity contribution in [2.45, 2.75) is 6.04 Å². The number of rotatable bonds is 5. The lowest BCUT2D eigenvalue weighted by Gasteiger charge is -2.17. The van der Waals surface area contributed by atoms with Crippen LogP contribution in [0.2, 0.25) is 0 Å². The second kappa shape index (κ2) is 7.20. The van der Waals surface area contributed by atoms with Gasteiger partial charge in [0.15, 0.2) is 0 Å². The average Bonchev–Trinajstić information content (AvgIpc) is 3.25. The van der Waals surface area contributed by atoms with Gasteiger partial charge in [0.2, 0.25) is 5.91 Å². The van der Waals surface area contributed by atoms with Crippen LogP contribution < -0.4 is 5.32 Å². The van der Waals surface area contributed by atoms with E-state index >= 15 is 0 Å². The van der Waals surface area contributed by atoms with Crippen molar-refractivity contribution in [2.24, 2.45) is 0 Å². The van der Waals surface area contributed by atoms with Crippen molar-refractivity contribution in [3.63, 3.8) is 0 Å². The van der Waals surface area contributed by atoms with Crippen LogP contribution in [0.3, 0.4) is 0 Å². The highest BCUT2D eigenvalue weighted by Crippen LogP contribution is 2.25. The molecule has 22 heavy (non-hydrogen) atoms. The Kier molecular flexibility index (Phi) is 4.83. The molecule has 0 radical (unpaired) electrons. The smallest absolute Gasteiger partial charge is 0.244 e. The molecule has 0 unspecified atom stereocenters. The molecule has 0 spiro atoms. The SMILES string of the molecule is O=C(/C=C/c1ccsc1)N[C@H](c1ccccc1)c1cccs1. The maximum atomic E-state index is 12.2. The monoisotopic (exact) mass is 325 g/mol. The molecule has 2 heterocycles. The van der Waals surface area contributed by atoms with Crippen molar-refractivity contribution < 1.29 is 4.79 Å². The summed E-state index contributed by atoms with van der Waals surface area (Å²) in [6.07, 6.45) is 3.42. The molecule has 0 aliphatic rings. The average molecular weight is 325 g/mol. The number of hydrogen-bond donors (Lipinski definition) is 1. The van der Waals surface area contributed by atoms with Crippen molar-refractivity contribution in [3.05, 3.63) is 86.8 Å². The van der Waals surface area contributed by atoms with Crippen molar-refractivity contribution >= 4 is 34.7 Å². The van der Waals surface area contributed by atoms with Gasteiger partial charge in [0, 0.05) is 11.0 Å². The first-order chi connectivity index (χ1) is 10.8. The first-order valence-electron chi connectivity index (χ1n) is 6.92. The zero-order chi connectivity index (χ0) is 15.2. The Balaban J connectivity index is 1.77. The van der Waals surface area contributed by atoms with Crippen LogP contribution in [0, 0.1) is 0 Å². The molecule has 3 aromatic rings. The molecule has 1 N–H and O–H groups in total. The first-order valence-corrected chi connectivity index (χ1v) is 8.74. The van der Waals surface area contributed by atoms with Crippen LogP contribution in [0.4, 0.5) is 0 Å². The van der Waals surface area contributed by atoms with Crippen molar-refractivity contribution in [1.82, 2.24) is 5.32 Å². The molecule has 0 saturated heterocycles. The normalized spacial score (nSPS) is 12.4. The van der Waals surface area contributed by atoms with Crippen LogP contribution in [0.1, 0.15) is 22.0 Å². The quantitative estimate of drug-likeness (QED) is 0.675. The van der Waals surface area contributed by atoms with Gasteiger partial charge in [-0.05, 0) is 45.5 Å². The minimum atomic E-state index is -0.110. The summed E-state index contributed by atoms with van der Waals surface area (Å²) in [7, 11) is 0. The molecule has 1 amide bonds. The molecule has 110 valence electrons. The third-order valence-corrected chi connectivity index (χ3v) is 4.86. The van der Waals surface area contributed by atoms with Gasteiger partial charge in [-0.25, -0.2) is 0 Å². The summed E-state index contributed by atoms with van der Waals surface area (Å²) in [6.45, 7) is 0. The Hall–Kier alpha value is -2.17. The summed E-state index contributed by atoms with van der Waals surface area (Å²) in [5.74, 6) is -0.0894. The Labute approximate surface area is 137 Å². The van der Waals surface area contributed by atoms with E-state index in [-0.39, 0.29) is 11.9 Å². The maximum absolute atomic E-state index is 12.2. The fourth-order valence-electron chi connectivity index (χ4n) is 2.15. The third-order valence-electron chi connectivity index (χ3n) is 3.22. The number of hydrogen-bond acceptors (Lipinski definition) is 3. The number of thiophene rings is 2. The predicted molar refractivity (Wildman–Crippen MR) is 94.1 cm³/mol. The molecular formula is C18H15NOS2. The highest BCUT2D eigenvalue weighted by Gasteiger charge is 2.16. The van der Waals surface area contributed by atoms with Gasteiger partial charge in [-0.1, -0.05) is 36.4 Å². The van der Waals surface area contributed by atoms with E-state index in [1.165, 1.54) is 0 Å². The van der Waals surface area contributed by atoms with E-state index in [0.29, 0.717) is 0 Å². The Morgan fingerprint density at radius 3 is 2.59 bits per heavy atom. The molecule has 0 bridgehead atoms. The van der Waals surface area contributed by atoms with E-state index in [9.17, 15) is 4.79 Å². The summed E-state index contributed by atoms with van der Waals surface area (Å²) in [5.41, 5.74) is 2.13. The molecule has 1 atom stereocenters. The van der Waals surface area contributed by atoms with Crippen LogP contribution in [0.15, 0.2) is 70.7 Å². The summed E-state index contributed by atoms with van der Waals surface area (Å²) >= 11 is 3.27. The van der Waals surface area contributed by atoms with E-state index in [4.69, 9.17) is 0 Å². The van der Waals surface area contributed by atoms with Gasteiger partial charge in [0.05, 0.1) is 6.04 Å². The largest absolute Gasteiger partial charge is 0.341 e. The van der Waals surface area contributed by atoms with E-state index < -0.39 is 0 Å². The number of nitrogens with one attached hydrogen (secondary N) is 1. The molecule has 0 fully saturated rings. The molecule has 4 heteroatoms. The minimum Gasteiger partial charge on any atom is -0.341 e. The van der Waals surface area contributed by atoms with Crippen LogP contribution >= 0.6 is 22.7 Å². The molecule has 0 aliphatic carbocycles. The highest BCUT2D eigenvalue weighted by molar-refractivity contribution is 7.10. The second-order valence-corrected chi connectivity index (χ2v) is 6.52. The molecular weight excluding hydrogens is 310 g/mol. The predicted octanol–water partition coefficient (Wildman–Crippen LogP) is 4.73. The fourth-order valence-corrected chi connectivity index (χ4v) is 3.58. The van der Waals surface area contributed by atoms with E-state index in [0.717, 1.165) is 16.0 Å². The molecule has 3 rings (SSSR count). The summed E-state index contributed by atoms with van der Waals surface area (Å²) in [4.78, 5) is 13.4. The van der Waals surface area contributed by atoms with Crippen LogP contribution in [0.5, 0.6) is 0 Å². The summed E-state index contributed by atoms with van der Waals surface area (Å²) < 4.78 is 0. The zero-order valence-corrected chi connectivity index (χ0v) is 13.4. The molecule has 2 aromatic heterocycles. The highest BCUT2D eigenvalue weighted by atomic mass is 32.1. The second-order valence-electron chi connectivity index (χ2n) is 4.76.